The van der Waals surface area contributed by atoms with Crippen molar-refractivity contribution in [3.8, 4) is 5.75 Å². The number of hydrogen-bond acceptors (Lipinski definition) is 3. The van der Waals surface area contributed by atoms with Gasteiger partial charge in [0.25, 0.3) is 0 Å². The molecular formula is C16H21NO4. The van der Waals surface area contributed by atoms with E-state index in [2.05, 4.69) is 5.32 Å². The minimum absolute atomic E-state index is 0.0251. The van der Waals surface area contributed by atoms with Crippen LogP contribution in [0.2, 0.25) is 0 Å². The van der Waals surface area contributed by atoms with E-state index in [1.807, 2.05) is 24.3 Å². The molecule has 2 rings (SSSR count). The molecular weight excluding hydrogens is 270 g/mol. The van der Waals surface area contributed by atoms with Gasteiger partial charge in [0.15, 0.2) is 0 Å². The van der Waals surface area contributed by atoms with Crippen molar-refractivity contribution in [1.82, 2.24) is 5.32 Å². The predicted molar refractivity (Wildman–Crippen MR) is 78.4 cm³/mol. The maximum absolute atomic E-state index is 11.7. The molecule has 1 fully saturated rings. The number of ether oxygens (including phenoxy) is 1. The van der Waals surface area contributed by atoms with Crippen LogP contribution in [-0.4, -0.2) is 30.6 Å². The van der Waals surface area contributed by atoms with E-state index >= 15 is 0 Å². The fourth-order valence-electron chi connectivity index (χ4n) is 2.80. The van der Waals surface area contributed by atoms with E-state index in [1.54, 1.807) is 7.11 Å². The van der Waals surface area contributed by atoms with Crippen LogP contribution in [0.5, 0.6) is 5.75 Å². The number of aliphatic carboxylic acids is 1. The molecule has 1 aromatic rings. The highest BCUT2D eigenvalue weighted by Crippen LogP contribution is 2.46. The van der Waals surface area contributed by atoms with E-state index in [0.717, 1.165) is 30.6 Å². The lowest BCUT2D eigenvalue weighted by molar-refractivity contribution is -0.138. The van der Waals surface area contributed by atoms with Crippen molar-refractivity contribution < 1.29 is 19.4 Å². The molecule has 0 aliphatic heterocycles. The first kappa shape index (κ1) is 15.4. The maximum atomic E-state index is 11.7. The Kier molecular flexibility index (Phi) is 4.83. The van der Waals surface area contributed by atoms with Crippen LogP contribution in [0, 0.1) is 0 Å². The van der Waals surface area contributed by atoms with Crippen molar-refractivity contribution in [3.63, 3.8) is 0 Å². The molecule has 21 heavy (non-hydrogen) atoms. The largest absolute Gasteiger partial charge is 0.496 e. The molecule has 0 atom stereocenters. The molecule has 0 saturated heterocycles. The van der Waals surface area contributed by atoms with Gasteiger partial charge in [0, 0.05) is 23.9 Å². The molecule has 5 heteroatoms. The van der Waals surface area contributed by atoms with Gasteiger partial charge in [-0.1, -0.05) is 24.6 Å². The molecule has 1 amide bonds. The van der Waals surface area contributed by atoms with Gasteiger partial charge in [-0.2, -0.15) is 0 Å². The zero-order valence-corrected chi connectivity index (χ0v) is 12.2. The molecule has 5 nitrogen and oxygen atoms in total. The summed E-state index contributed by atoms with van der Waals surface area (Å²) in [7, 11) is 1.65. The van der Waals surface area contributed by atoms with Crippen molar-refractivity contribution in [2.24, 2.45) is 0 Å². The van der Waals surface area contributed by atoms with Gasteiger partial charge in [-0.05, 0) is 18.9 Å². The number of amides is 1. The van der Waals surface area contributed by atoms with Crippen LogP contribution >= 0.6 is 0 Å². The molecule has 0 aromatic heterocycles. The molecule has 0 spiro atoms. The number of carboxylic acids is 1. The summed E-state index contributed by atoms with van der Waals surface area (Å²) < 4.78 is 5.42. The minimum atomic E-state index is -0.951. The third kappa shape index (κ3) is 3.54. The molecule has 0 heterocycles. The molecule has 0 unspecified atom stereocenters. The third-order valence-corrected chi connectivity index (χ3v) is 4.18. The average Bonchev–Trinajstić information content (AvgIpc) is 2.44. The number of nitrogens with one attached hydrogen (secondary N) is 1. The van der Waals surface area contributed by atoms with Gasteiger partial charge in [-0.3, -0.25) is 9.59 Å². The molecule has 1 aromatic carbocycles. The number of para-hydroxylation sites is 1. The van der Waals surface area contributed by atoms with Crippen molar-refractivity contribution in [2.45, 2.75) is 37.5 Å². The second-order valence-corrected chi connectivity index (χ2v) is 5.50. The van der Waals surface area contributed by atoms with Gasteiger partial charge in [-0.25, -0.2) is 0 Å². The summed E-state index contributed by atoms with van der Waals surface area (Å²) in [4.78, 5) is 22.2. The number of carbonyl (C=O) groups excluding carboxylic acids is 1. The second-order valence-electron chi connectivity index (χ2n) is 5.50. The van der Waals surface area contributed by atoms with Crippen LogP contribution in [0.25, 0.3) is 0 Å². The maximum Gasteiger partial charge on any atom is 0.303 e. The number of methoxy groups -OCH3 is 1. The number of hydrogen-bond donors (Lipinski definition) is 2. The lowest BCUT2D eigenvalue weighted by Crippen LogP contribution is -2.45. The van der Waals surface area contributed by atoms with E-state index in [-0.39, 0.29) is 24.2 Å². The minimum Gasteiger partial charge on any atom is -0.496 e. The molecule has 2 N–H and O–H groups in total. The predicted octanol–water partition coefficient (Wildman–Crippen LogP) is 2.10. The molecule has 0 radical (unpaired) electrons. The van der Waals surface area contributed by atoms with E-state index in [4.69, 9.17) is 9.84 Å². The van der Waals surface area contributed by atoms with E-state index in [1.165, 1.54) is 0 Å². The summed E-state index contributed by atoms with van der Waals surface area (Å²) in [6.45, 7) is 0.534. The molecule has 1 saturated carbocycles. The number of rotatable bonds is 7. The Morgan fingerprint density at radius 2 is 2.00 bits per heavy atom. The zero-order valence-electron chi connectivity index (χ0n) is 12.2. The summed E-state index contributed by atoms with van der Waals surface area (Å²) in [6.07, 6.45) is 3.03. The van der Waals surface area contributed by atoms with Crippen molar-refractivity contribution in [2.75, 3.05) is 13.7 Å². The summed E-state index contributed by atoms with van der Waals surface area (Å²) in [6, 6.07) is 7.88. The first-order chi connectivity index (χ1) is 10.1. The zero-order chi connectivity index (χ0) is 15.3. The topological polar surface area (TPSA) is 75.6 Å². The van der Waals surface area contributed by atoms with Crippen molar-refractivity contribution in [1.29, 1.82) is 0 Å². The monoisotopic (exact) mass is 291 g/mol. The second kappa shape index (κ2) is 6.61. The highest BCUT2D eigenvalue weighted by Gasteiger charge is 2.40. The summed E-state index contributed by atoms with van der Waals surface area (Å²) >= 11 is 0. The Hall–Kier alpha value is -2.04. The molecule has 0 bridgehead atoms. The van der Waals surface area contributed by atoms with Crippen LogP contribution < -0.4 is 10.1 Å². The first-order valence-corrected chi connectivity index (χ1v) is 7.19. The molecule has 1 aliphatic carbocycles. The summed E-state index contributed by atoms with van der Waals surface area (Å²) in [5.41, 5.74) is 1.04. The van der Waals surface area contributed by atoms with Crippen molar-refractivity contribution >= 4 is 11.9 Å². The van der Waals surface area contributed by atoms with Crippen LogP contribution in [0.15, 0.2) is 24.3 Å². The van der Waals surface area contributed by atoms with Crippen LogP contribution in [-0.2, 0) is 15.0 Å². The Balaban J connectivity index is 2.02. The Morgan fingerprint density at radius 1 is 1.29 bits per heavy atom. The quantitative estimate of drug-likeness (QED) is 0.806. The van der Waals surface area contributed by atoms with Gasteiger partial charge in [0.2, 0.25) is 5.91 Å². The number of benzene rings is 1. The van der Waals surface area contributed by atoms with E-state index in [0.29, 0.717) is 6.54 Å². The number of carboxylic acid groups (broad SMARTS) is 1. The average molecular weight is 291 g/mol. The Morgan fingerprint density at radius 3 is 2.57 bits per heavy atom. The van der Waals surface area contributed by atoms with Crippen molar-refractivity contribution in [3.05, 3.63) is 29.8 Å². The molecule has 114 valence electrons. The van der Waals surface area contributed by atoms with Gasteiger partial charge in [-0.15, -0.1) is 0 Å². The Labute approximate surface area is 124 Å². The SMILES string of the molecule is COc1ccccc1C1(CNC(=O)CCC(=O)O)CCC1. The van der Waals surface area contributed by atoms with E-state index < -0.39 is 5.97 Å². The summed E-state index contributed by atoms with van der Waals surface area (Å²) in [5.74, 6) is -0.316. The fraction of sp³-hybridized carbons (Fsp3) is 0.500. The van der Waals surface area contributed by atoms with E-state index in [9.17, 15) is 9.59 Å². The third-order valence-electron chi connectivity index (χ3n) is 4.18. The van der Waals surface area contributed by atoms with Gasteiger partial charge in [0.1, 0.15) is 5.75 Å². The van der Waals surface area contributed by atoms with Gasteiger partial charge >= 0.3 is 5.97 Å². The summed E-state index contributed by atoms with van der Waals surface area (Å²) in [5, 5.41) is 11.5. The highest BCUT2D eigenvalue weighted by molar-refractivity contribution is 5.80. The van der Waals surface area contributed by atoms with Crippen LogP contribution in [0.3, 0.4) is 0 Å². The highest BCUT2D eigenvalue weighted by atomic mass is 16.5. The van der Waals surface area contributed by atoms with Crippen LogP contribution in [0.4, 0.5) is 0 Å². The first-order valence-electron chi connectivity index (χ1n) is 7.19. The smallest absolute Gasteiger partial charge is 0.303 e. The Bertz CT molecular complexity index is 523. The number of carbonyl (C=O) groups is 2. The molecule has 1 aliphatic rings. The van der Waals surface area contributed by atoms with Gasteiger partial charge < -0.3 is 15.2 Å². The fourth-order valence-corrected chi connectivity index (χ4v) is 2.80. The standard InChI is InChI=1S/C16H21NO4/c1-21-13-6-3-2-5-12(13)16(9-4-10-16)11-17-14(18)7-8-15(19)20/h2-3,5-6H,4,7-11H2,1H3,(H,17,18)(H,19,20). The lowest BCUT2D eigenvalue weighted by Gasteiger charge is -2.43. The lowest BCUT2D eigenvalue weighted by atomic mass is 9.64. The van der Waals surface area contributed by atoms with Crippen LogP contribution in [0.1, 0.15) is 37.7 Å². The van der Waals surface area contributed by atoms with Gasteiger partial charge in [0.05, 0.1) is 13.5 Å². The normalized spacial score (nSPS) is 15.9.